The predicted molar refractivity (Wildman–Crippen MR) is 75.9 cm³/mol. The van der Waals surface area contributed by atoms with E-state index in [0.717, 1.165) is 29.4 Å². The zero-order valence-electron chi connectivity index (χ0n) is 11.4. The maximum Gasteiger partial charge on any atom is 0.174 e. The van der Waals surface area contributed by atoms with Gasteiger partial charge in [0, 0.05) is 19.4 Å². The van der Waals surface area contributed by atoms with E-state index in [0.29, 0.717) is 13.0 Å². The monoisotopic (exact) mass is 305 g/mol. The van der Waals surface area contributed by atoms with Crippen molar-refractivity contribution in [1.82, 2.24) is 14.8 Å². The van der Waals surface area contributed by atoms with Crippen LogP contribution in [0, 0.1) is 0 Å². The van der Waals surface area contributed by atoms with Crippen molar-refractivity contribution in [2.45, 2.75) is 25.5 Å². The van der Waals surface area contributed by atoms with E-state index >= 15 is 0 Å². The molecule has 6 nitrogen and oxygen atoms in total. The molecule has 1 unspecified atom stereocenters. The number of rotatable bonds is 1. The van der Waals surface area contributed by atoms with E-state index in [1.54, 1.807) is 0 Å². The Morgan fingerprint density at radius 2 is 2.05 bits per heavy atom. The number of benzene rings is 1. The molecule has 2 aromatic rings. The molecule has 21 heavy (non-hydrogen) atoms. The van der Waals surface area contributed by atoms with Gasteiger partial charge in [-0.15, -0.1) is 10.2 Å². The molecule has 3 heterocycles. The van der Waals surface area contributed by atoms with Gasteiger partial charge in [-0.2, -0.15) is 0 Å². The molecule has 0 saturated carbocycles. The van der Waals surface area contributed by atoms with Crippen molar-refractivity contribution < 1.29 is 13.2 Å². The first-order valence-corrected chi connectivity index (χ1v) is 8.81. The highest BCUT2D eigenvalue weighted by Crippen LogP contribution is 2.36. The minimum absolute atomic E-state index is 0.144. The van der Waals surface area contributed by atoms with Crippen LogP contribution >= 0.6 is 0 Å². The molecular weight excluding hydrogens is 290 g/mol. The summed E-state index contributed by atoms with van der Waals surface area (Å²) in [5.41, 5.74) is 1.15. The van der Waals surface area contributed by atoms with Gasteiger partial charge in [0.2, 0.25) is 0 Å². The zero-order valence-corrected chi connectivity index (χ0v) is 12.2. The summed E-state index contributed by atoms with van der Waals surface area (Å²) >= 11 is 0. The van der Waals surface area contributed by atoms with Gasteiger partial charge in [-0.3, -0.25) is 0 Å². The van der Waals surface area contributed by atoms with E-state index in [-0.39, 0.29) is 17.6 Å². The van der Waals surface area contributed by atoms with E-state index in [1.807, 2.05) is 28.8 Å². The van der Waals surface area contributed by atoms with Gasteiger partial charge in [-0.25, -0.2) is 8.42 Å². The van der Waals surface area contributed by atoms with Gasteiger partial charge >= 0.3 is 0 Å². The van der Waals surface area contributed by atoms with Gasteiger partial charge in [0.25, 0.3) is 0 Å². The Morgan fingerprint density at radius 3 is 2.90 bits per heavy atom. The normalized spacial score (nSPS) is 23.0. The smallest absolute Gasteiger partial charge is 0.174 e. The third-order valence-corrected chi connectivity index (χ3v) is 5.68. The third-order valence-electron chi connectivity index (χ3n) is 4.05. The molecule has 0 amide bonds. The number of hydrogen-bond acceptors (Lipinski definition) is 5. The number of aryl methyl sites for hydroxylation is 1. The number of fused-ring (bicyclic) bond motifs is 2. The molecule has 0 N–H and O–H groups in total. The van der Waals surface area contributed by atoms with Gasteiger partial charge in [0.05, 0.1) is 11.5 Å². The van der Waals surface area contributed by atoms with Crippen LogP contribution in [0.4, 0.5) is 0 Å². The molecule has 0 bridgehead atoms. The average molecular weight is 305 g/mol. The summed E-state index contributed by atoms with van der Waals surface area (Å²) in [5, 5.41) is 8.40. The van der Waals surface area contributed by atoms with Crippen LogP contribution < -0.4 is 4.74 Å². The van der Waals surface area contributed by atoms with Gasteiger partial charge in [-0.1, -0.05) is 18.2 Å². The number of aromatic nitrogens is 3. The summed E-state index contributed by atoms with van der Waals surface area (Å²) in [4.78, 5) is 0. The maximum absolute atomic E-state index is 11.8. The highest BCUT2D eigenvalue weighted by atomic mass is 32.2. The first-order chi connectivity index (χ1) is 10.1. The molecule has 1 atom stereocenters. The van der Waals surface area contributed by atoms with E-state index < -0.39 is 9.84 Å². The Labute approximate surface area is 122 Å². The van der Waals surface area contributed by atoms with Crippen molar-refractivity contribution in [3.63, 3.8) is 0 Å². The van der Waals surface area contributed by atoms with Crippen molar-refractivity contribution in [1.29, 1.82) is 0 Å². The van der Waals surface area contributed by atoms with Crippen LogP contribution in [0.3, 0.4) is 0 Å². The summed E-state index contributed by atoms with van der Waals surface area (Å²) < 4.78 is 31.4. The summed E-state index contributed by atoms with van der Waals surface area (Å²) in [7, 11) is -2.98. The SMILES string of the molecule is O=S1(=O)CCc2nnc(C3Cc4ccccc4O3)n2CC1. The lowest BCUT2D eigenvalue weighted by atomic mass is 10.1. The van der Waals surface area contributed by atoms with Gasteiger partial charge in [-0.05, 0) is 11.6 Å². The number of para-hydroxylation sites is 1. The lowest BCUT2D eigenvalue weighted by molar-refractivity contribution is 0.221. The van der Waals surface area contributed by atoms with Crippen LogP contribution in [0.25, 0.3) is 0 Å². The second-order valence-corrected chi connectivity index (χ2v) is 7.75. The summed E-state index contributed by atoms with van der Waals surface area (Å²) in [6.45, 7) is 0.413. The van der Waals surface area contributed by atoms with Crippen LogP contribution in [0.5, 0.6) is 5.75 Å². The molecule has 1 aromatic carbocycles. The number of nitrogens with zero attached hydrogens (tertiary/aromatic N) is 3. The molecule has 2 aliphatic heterocycles. The maximum atomic E-state index is 11.8. The third kappa shape index (κ3) is 2.21. The van der Waals surface area contributed by atoms with Crippen LogP contribution in [0.2, 0.25) is 0 Å². The largest absolute Gasteiger partial charge is 0.482 e. The molecule has 2 aliphatic rings. The van der Waals surface area contributed by atoms with Crippen LogP contribution in [0.1, 0.15) is 23.3 Å². The highest BCUT2D eigenvalue weighted by molar-refractivity contribution is 7.91. The summed E-state index contributed by atoms with van der Waals surface area (Å²) in [6.07, 6.45) is 1.00. The number of hydrogen-bond donors (Lipinski definition) is 0. The number of sulfone groups is 1. The molecule has 0 fully saturated rings. The quantitative estimate of drug-likeness (QED) is 0.783. The summed E-state index contributed by atoms with van der Waals surface area (Å²) in [5.74, 6) is 2.65. The van der Waals surface area contributed by atoms with Crippen molar-refractivity contribution >= 4 is 9.84 Å². The Morgan fingerprint density at radius 1 is 1.19 bits per heavy atom. The van der Waals surface area contributed by atoms with Crippen molar-refractivity contribution in [2.75, 3.05) is 11.5 Å². The van der Waals surface area contributed by atoms with Gasteiger partial charge in [0.15, 0.2) is 21.8 Å². The Hall–Kier alpha value is -1.89. The minimum Gasteiger partial charge on any atom is -0.482 e. The fourth-order valence-electron chi connectivity index (χ4n) is 2.92. The minimum atomic E-state index is -2.98. The molecule has 7 heteroatoms. The van der Waals surface area contributed by atoms with Crippen LogP contribution in [0.15, 0.2) is 24.3 Å². The van der Waals surface area contributed by atoms with Gasteiger partial charge < -0.3 is 9.30 Å². The Kier molecular flexibility index (Phi) is 2.78. The first-order valence-electron chi connectivity index (χ1n) is 6.99. The van der Waals surface area contributed by atoms with Crippen molar-refractivity contribution in [2.24, 2.45) is 0 Å². The lowest BCUT2D eigenvalue weighted by Gasteiger charge is -2.12. The molecule has 110 valence electrons. The lowest BCUT2D eigenvalue weighted by Crippen LogP contribution is -2.16. The fourth-order valence-corrected chi connectivity index (χ4v) is 4.08. The van der Waals surface area contributed by atoms with E-state index in [9.17, 15) is 8.42 Å². The molecule has 1 aromatic heterocycles. The van der Waals surface area contributed by atoms with Gasteiger partial charge in [0.1, 0.15) is 11.6 Å². The predicted octanol–water partition coefficient (Wildman–Crippen LogP) is 0.925. The standard InChI is InChI=1S/C14H15N3O3S/c18-21(19)7-5-13-15-16-14(17(13)6-8-21)12-9-10-3-1-2-4-11(10)20-12/h1-4,12H,5-9H2. The van der Waals surface area contributed by atoms with Crippen LogP contribution in [-0.2, 0) is 29.2 Å². The van der Waals surface area contributed by atoms with Crippen molar-refractivity contribution in [3.8, 4) is 5.75 Å². The van der Waals surface area contributed by atoms with E-state index in [4.69, 9.17) is 4.74 Å². The molecular formula is C14H15N3O3S. The summed E-state index contributed by atoms with van der Waals surface area (Å²) in [6, 6.07) is 7.92. The van der Waals surface area contributed by atoms with Crippen molar-refractivity contribution in [3.05, 3.63) is 41.5 Å². The Bertz CT molecular complexity index is 773. The molecule has 0 radical (unpaired) electrons. The van der Waals surface area contributed by atoms with E-state index in [1.165, 1.54) is 0 Å². The topological polar surface area (TPSA) is 74.1 Å². The molecule has 0 saturated heterocycles. The molecule has 0 aliphatic carbocycles. The second-order valence-electron chi connectivity index (χ2n) is 5.45. The highest BCUT2D eigenvalue weighted by Gasteiger charge is 2.31. The molecule has 4 rings (SSSR count). The second kappa shape index (κ2) is 4.56. The first kappa shape index (κ1) is 12.8. The van der Waals surface area contributed by atoms with E-state index in [2.05, 4.69) is 10.2 Å². The molecule has 0 spiro atoms. The Balaban J connectivity index is 1.66. The van der Waals surface area contributed by atoms with Crippen LogP contribution in [-0.4, -0.2) is 34.7 Å². The fraction of sp³-hybridized carbons (Fsp3) is 0.429. The number of ether oxygens (including phenoxy) is 1. The average Bonchev–Trinajstić information content (AvgIpc) is 3.03. The zero-order chi connectivity index (χ0) is 14.4.